The number of thiazole rings is 1. The van der Waals surface area contributed by atoms with Gasteiger partial charge in [0.2, 0.25) is 0 Å². The van der Waals surface area contributed by atoms with Crippen molar-refractivity contribution in [1.29, 1.82) is 5.26 Å². The van der Waals surface area contributed by atoms with E-state index < -0.39 is 6.03 Å². The summed E-state index contributed by atoms with van der Waals surface area (Å²) in [6.07, 6.45) is 0. The van der Waals surface area contributed by atoms with Gasteiger partial charge in [-0.1, -0.05) is 34.5 Å². The highest BCUT2D eigenvalue weighted by molar-refractivity contribution is 7.22. The minimum atomic E-state index is -0.499. The third-order valence-corrected chi connectivity index (χ3v) is 4.04. The van der Waals surface area contributed by atoms with Crippen LogP contribution in [0.1, 0.15) is 5.56 Å². The smallest absolute Gasteiger partial charge is 0.308 e. The molecule has 1 aromatic carbocycles. The number of aromatic nitrogens is 2. The third-order valence-electron chi connectivity index (χ3n) is 2.73. The van der Waals surface area contributed by atoms with E-state index in [4.69, 9.17) is 28.5 Å². The molecular weight excluding hydrogens is 357 g/mol. The molecule has 9 heteroatoms. The fraction of sp³-hybridized carbons (Fsp3) is 0. The Labute approximate surface area is 144 Å². The molecule has 0 aliphatic heterocycles. The topological polar surface area (TPSA) is 90.7 Å². The van der Waals surface area contributed by atoms with Crippen LogP contribution in [-0.4, -0.2) is 16.0 Å². The first-order chi connectivity index (χ1) is 11.0. The van der Waals surface area contributed by atoms with Crippen molar-refractivity contribution in [3.05, 3.63) is 46.1 Å². The fourth-order valence-corrected chi connectivity index (χ4v) is 3.10. The second kappa shape index (κ2) is 6.38. The zero-order chi connectivity index (χ0) is 16.4. The summed E-state index contributed by atoms with van der Waals surface area (Å²) in [5, 5.41) is 15.2. The van der Waals surface area contributed by atoms with E-state index in [1.807, 2.05) is 6.07 Å². The predicted octanol–water partition coefficient (Wildman–Crippen LogP) is 4.51. The molecule has 0 atom stereocenters. The van der Waals surface area contributed by atoms with Crippen molar-refractivity contribution in [2.75, 3.05) is 10.6 Å². The van der Waals surface area contributed by atoms with Crippen molar-refractivity contribution in [2.24, 2.45) is 0 Å². The van der Waals surface area contributed by atoms with Gasteiger partial charge in [0.25, 0.3) is 0 Å². The number of benzene rings is 1. The number of halogens is 2. The molecule has 114 valence electrons. The van der Waals surface area contributed by atoms with Crippen molar-refractivity contribution in [3.8, 4) is 6.07 Å². The van der Waals surface area contributed by atoms with Gasteiger partial charge < -0.3 is 5.32 Å². The van der Waals surface area contributed by atoms with Crippen molar-refractivity contribution in [1.82, 2.24) is 9.97 Å². The molecule has 0 fully saturated rings. The normalized spacial score (nSPS) is 10.3. The van der Waals surface area contributed by atoms with Crippen LogP contribution in [0.4, 0.5) is 15.6 Å². The number of nitriles is 1. The lowest BCUT2D eigenvalue weighted by molar-refractivity contribution is 0.262. The molecule has 0 saturated heterocycles. The molecule has 23 heavy (non-hydrogen) atoms. The zero-order valence-electron chi connectivity index (χ0n) is 11.3. The SMILES string of the molecule is N#Cc1cc(Cl)cc(NC(=O)Nc2nc3ccc(Cl)nc3s2)c1. The number of carbonyl (C=O) groups is 1. The largest absolute Gasteiger partial charge is 0.325 e. The first-order valence-corrected chi connectivity index (χ1v) is 7.82. The lowest BCUT2D eigenvalue weighted by Gasteiger charge is -2.06. The molecule has 2 heterocycles. The molecule has 2 aromatic heterocycles. The van der Waals surface area contributed by atoms with Crippen LogP contribution in [-0.2, 0) is 0 Å². The summed E-state index contributed by atoms with van der Waals surface area (Å²) < 4.78 is 0. The molecule has 0 aliphatic rings. The molecule has 0 unspecified atom stereocenters. The molecular formula is C14H7Cl2N5OS. The van der Waals surface area contributed by atoms with Crippen LogP contribution in [0.2, 0.25) is 10.2 Å². The summed E-state index contributed by atoms with van der Waals surface area (Å²) in [6, 6.07) is 9.39. The third kappa shape index (κ3) is 3.68. The monoisotopic (exact) mass is 363 g/mol. The van der Waals surface area contributed by atoms with Crippen LogP contribution >= 0.6 is 34.5 Å². The predicted molar refractivity (Wildman–Crippen MR) is 91.2 cm³/mol. The lowest BCUT2D eigenvalue weighted by Crippen LogP contribution is -2.19. The maximum absolute atomic E-state index is 12.0. The summed E-state index contributed by atoms with van der Waals surface area (Å²) in [6.45, 7) is 0. The van der Waals surface area contributed by atoms with Gasteiger partial charge in [-0.2, -0.15) is 5.26 Å². The number of rotatable bonds is 2. The molecule has 0 spiro atoms. The molecule has 0 radical (unpaired) electrons. The Kier molecular flexibility index (Phi) is 4.30. The first-order valence-electron chi connectivity index (χ1n) is 6.25. The summed E-state index contributed by atoms with van der Waals surface area (Å²) in [7, 11) is 0. The highest BCUT2D eigenvalue weighted by atomic mass is 35.5. The Balaban J connectivity index is 1.76. The highest BCUT2D eigenvalue weighted by Crippen LogP contribution is 2.26. The number of hydrogen-bond acceptors (Lipinski definition) is 5. The summed E-state index contributed by atoms with van der Waals surface area (Å²) >= 11 is 12.9. The second-order valence-electron chi connectivity index (χ2n) is 4.40. The molecule has 0 saturated carbocycles. The summed E-state index contributed by atoms with van der Waals surface area (Å²) in [5.74, 6) is 0. The van der Waals surface area contributed by atoms with E-state index in [9.17, 15) is 4.79 Å². The summed E-state index contributed by atoms with van der Waals surface area (Å²) in [5.41, 5.74) is 1.41. The number of fused-ring (bicyclic) bond motifs is 1. The van der Waals surface area contributed by atoms with Crippen LogP contribution in [0.25, 0.3) is 10.3 Å². The maximum Gasteiger partial charge on any atom is 0.325 e. The van der Waals surface area contributed by atoms with Gasteiger partial charge in [-0.15, -0.1) is 0 Å². The minimum Gasteiger partial charge on any atom is -0.308 e. The average Bonchev–Trinajstić information content (AvgIpc) is 2.87. The molecule has 2 N–H and O–H groups in total. The Morgan fingerprint density at radius 3 is 2.78 bits per heavy atom. The lowest BCUT2D eigenvalue weighted by atomic mass is 10.2. The van der Waals surface area contributed by atoms with E-state index in [-0.39, 0.29) is 0 Å². The van der Waals surface area contributed by atoms with E-state index in [0.29, 0.717) is 36.9 Å². The molecule has 2 amide bonds. The highest BCUT2D eigenvalue weighted by Gasteiger charge is 2.10. The van der Waals surface area contributed by atoms with Gasteiger partial charge >= 0.3 is 6.03 Å². The molecule has 0 bridgehead atoms. The van der Waals surface area contributed by atoms with Crippen LogP contribution in [0.15, 0.2) is 30.3 Å². The number of nitrogens with zero attached hydrogens (tertiary/aromatic N) is 3. The number of pyridine rings is 1. The average molecular weight is 364 g/mol. The maximum atomic E-state index is 12.0. The quantitative estimate of drug-likeness (QED) is 0.655. The molecule has 3 rings (SSSR count). The van der Waals surface area contributed by atoms with Gasteiger partial charge in [0.1, 0.15) is 15.5 Å². The number of amides is 2. The van der Waals surface area contributed by atoms with Crippen LogP contribution in [0, 0.1) is 11.3 Å². The van der Waals surface area contributed by atoms with Crippen LogP contribution in [0.3, 0.4) is 0 Å². The van der Waals surface area contributed by atoms with E-state index >= 15 is 0 Å². The van der Waals surface area contributed by atoms with Gasteiger partial charge in [-0.05, 0) is 30.3 Å². The molecule has 6 nitrogen and oxygen atoms in total. The molecule has 0 aliphatic carbocycles. The van der Waals surface area contributed by atoms with Gasteiger partial charge in [0, 0.05) is 10.7 Å². The fourth-order valence-electron chi connectivity index (χ4n) is 1.83. The van der Waals surface area contributed by atoms with Crippen LogP contribution in [0.5, 0.6) is 0 Å². The van der Waals surface area contributed by atoms with Crippen molar-refractivity contribution in [2.45, 2.75) is 0 Å². The Bertz CT molecular complexity index is 950. The van der Waals surface area contributed by atoms with Gasteiger partial charge in [-0.25, -0.2) is 14.8 Å². The van der Waals surface area contributed by atoms with E-state index in [0.717, 1.165) is 0 Å². The zero-order valence-corrected chi connectivity index (χ0v) is 13.6. The van der Waals surface area contributed by atoms with Gasteiger partial charge in [0.15, 0.2) is 5.13 Å². The van der Waals surface area contributed by atoms with Crippen molar-refractivity contribution >= 4 is 61.7 Å². The number of anilines is 2. The number of urea groups is 1. The van der Waals surface area contributed by atoms with E-state index in [1.165, 1.54) is 23.5 Å². The number of nitrogens with one attached hydrogen (secondary N) is 2. The summed E-state index contributed by atoms with van der Waals surface area (Å²) in [4.78, 5) is 21.0. The number of hydrogen-bond donors (Lipinski definition) is 2. The number of carbonyl (C=O) groups excluding carboxylic acids is 1. The van der Waals surface area contributed by atoms with Gasteiger partial charge in [-0.3, -0.25) is 5.32 Å². The molecule has 3 aromatic rings. The Morgan fingerprint density at radius 2 is 2.00 bits per heavy atom. The second-order valence-corrected chi connectivity index (χ2v) is 6.20. The van der Waals surface area contributed by atoms with E-state index in [2.05, 4.69) is 20.6 Å². The van der Waals surface area contributed by atoms with E-state index in [1.54, 1.807) is 18.2 Å². The Hall–Kier alpha value is -2.40. The minimum absolute atomic E-state index is 0.353. The van der Waals surface area contributed by atoms with Gasteiger partial charge in [0.05, 0.1) is 11.6 Å². The first kappa shape index (κ1) is 15.5. The van der Waals surface area contributed by atoms with Crippen molar-refractivity contribution in [3.63, 3.8) is 0 Å². The van der Waals surface area contributed by atoms with Crippen LogP contribution < -0.4 is 10.6 Å². The standard InChI is InChI=1S/C14H7Cl2N5OS/c15-8-3-7(6-17)4-9(5-8)18-13(22)21-14-19-10-1-2-11(16)20-12(10)23-14/h1-5H,(H2,18,19,21,22). The Morgan fingerprint density at radius 1 is 1.17 bits per heavy atom. The van der Waals surface area contributed by atoms with Crippen molar-refractivity contribution < 1.29 is 4.79 Å².